The van der Waals surface area contributed by atoms with Gasteiger partial charge in [0.05, 0.1) is 6.26 Å². The molecule has 0 saturated carbocycles. The zero-order valence-corrected chi connectivity index (χ0v) is 11.4. The number of nitrogens with two attached hydrogens (primary N) is 1. The molecule has 0 bridgehead atoms. The molecule has 22 heavy (non-hydrogen) atoms. The summed E-state index contributed by atoms with van der Waals surface area (Å²) in [7, 11) is 0. The molecule has 1 aromatic carbocycles. The first-order valence-electron chi connectivity index (χ1n) is 6.60. The van der Waals surface area contributed by atoms with E-state index in [1.807, 2.05) is 30.3 Å². The van der Waals surface area contributed by atoms with Crippen molar-refractivity contribution >= 4 is 11.6 Å². The monoisotopic (exact) mass is 293 g/mol. The Balaban J connectivity index is 1.76. The van der Waals surface area contributed by atoms with Crippen molar-refractivity contribution in [3.8, 4) is 23.2 Å². The molecule has 2 N–H and O–H groups in total. The lowest BCUT2D eigenvalue weighted by Gasteiger charge is -2.05. The quantitative estimate of drug-likeness (QED) is 0.624. The third-order valence-electron chi connectivity index (χ3n) is 3.03. The van der Waals surface area contributed by atoms with E-state index in [2.05, 4.69) is 15.1 Å². The second-order valence-electron chi connectivity index (χ2n) is 4.55. The summed E-state index contributed by atoms with van der Waals surface area (Å²) in [5.74, 6) is 2.22. The number of rotatable bonds is 3. The van der Waals surface area contributed by atoms with Gasteiger partial charge in [-0.2, -0.15) is 9.50 Å². The molecular formula is C15H11N5O2. The molecular weight excluding hydrogens is 282 g/mol. The fourth-order valence-corrected chi connectivity index (χ4v) is 2.06. The van der Waals surface area contributed by atoms with Crippen molar-refractivity contribution in [3.05, 3.63) is 54.8 Å². The van der Waals surface area contributed by atoms with Crippen LogP contribution in [0.4, 0.5) is 5.95 Å². The number of nitrogens with zero attached hydrogens (tertiary/aromatic N) is 4. The molecule has 0 saturated heterocycles. The van der Waals surface area contributed by atoms with E-state index in [0.717, 1.165) is 0 Å². The molecule has 7 nitrogen and oxygen atoms in total. The number of fused-ring (bicyclic) bond motifs is 1. The Morgan fingerprint density at radius 2 is 1.91 bits per heavy atom. The van der Waals surface area contributed by atoms with Crippen LogP contribution in [0.25, 0.3) is 17.2 Å². The maximum absolute atomic E-state index is 5.92. The zero-order chi connectivity index (χ0) is 14.9. The van der Waals surface area contributed by atoms with Crippen LogP contribution in [0.1, 0.15) is 0 Å². The second kappa shape index (κ2) is 4.88. The first-order valence-corrected chi connectivity index (χ1v) is 6.60. The summed E-state index contributed by atoms with van der Waals surface area (Å²) >= 11 is 0. The van der Waals surface area contributed by atoms with Crippen molar-refractivity contribution in [2.75, 3.05) is 5.73 Å². The number of hydrogen-bond donors (Lipinski definition) is 1. The van der Waals surface area contributed by atoms with Crippen molar-refractivity contribution in [3.63, 3.8) is 0 Å². The van der Waals surface area contributed by atoms with Gasteiger partial charge in [0.1, 0.15) is 5.75 Å². The number of nitrogen functional groups attached to an aromatic ring is 1. The number of aromatic nitrogens is 4. The lowest BCUT2D eigenvalue weighted by atomic mass is 10.3. The van der Waals surface area contributed by atoms with Gasteiger partial charge in [0.25, 0.3) is 0 Å². The van der Waals surface area contributed by atoms with Gasteiger partial charge in [0, 0.05) is 6.07 Å². The van der Waals surface area contributed by atoms with E-state index in [4.69, 9.17) is 14.9 Å². The SMILES string of the molecule is Nc1nc(Oc2ccccc2)cc2nc(-c3ccco3)nn12. The molecule has 3 aromatic heterocycles. The Morgan fingerprint density at radius 3 is 2.68 bits per heavy atom. The summed E-state index contributed by atoms with van der Waals surface area (Å²) in [4.78, 5) is 8.55. The molecule has 0 radical (unpaired) electrons. The van der Waals surface area contributed by atoms with Crippen LogP contribution >= 0.6 is 0 Å². The Morgan fingerprint density at radius 1 is 1.05 bits per heavy atom. The summed E-state index contributed by atoms with van der Waals surface area (Å²) < 4.78 is 12.4. The average molecular weight is 293 g/mol. The largest absolute Gasteiger partial charge is 0.461 e. The van der Waals surface area contributed by atoms with Crippen LogP contribution in [0, 0.1) is 0 Å². The molecule has 0 amide bonds. The zero-order valence-electron chi connectivity index (χ0n) is 11.4. The lowest BCUT2D eigenvalue weighted by Crippen LogP contribution is -2.03. The van der Waals surface area contributed by atoms with Gasteiger partial charge in [-0.15, -0.1) is 5.10 Å². The van der Waals surface area contributed by atoms with Gasteiger partial charge in [0.2, 0.25) is 17.7 Å². The molecule has 4 aromatic rings. The molecule has 0 atom stereocenters. The molecule has 0 fully saturated rings. The van der Waals surface area contributed by atoms with Gasteiger partial charge in [-0.1, -0.05) is 18.2 Å². The molecule has 0 aliphatic heterocycles. The second-order valence-corrected chi connectivity index (χ2v) is 4.55. The summed E-state index contributed by atoms with van der Waals surface area (Å²) in [6.07, 6.45) is 1.56. The highest BCUT2D eigenvalue weighted by molar-refractivity contribution is 5.55. The highest BCUT2D eigenvalue weighted by Gasteiger charge is 2.13. The Hall–Kier alpha value is -3.35. The molecule has 0 spiro atoms. The van der Waals surface area contributed by atoms with Gasteiger partial charge in [0.15, 0.2) is 11.4 Å². The number of anilines is 1. The predicted molar refractivity (Wildman–Crippen MR) is 79.4 cm³/mol. The van der Waals surface area contributed by atoms with E-state index in [0.29, 0.717) is 28.9 Å². The Kier molecular flexibility index (Phi) is 2.75. The van der Waals surface area contributed by atoms with E-state index < -0.39 is 0 Å². The minimum Gasteiger partial charge on any atom is -0.461 e. The van der Waals surface area contributed by atoms with Crippen LogP contribution in [0.3, 0.4) is 0 Å². The summed E-state index contributed by atoms with van der Waals surface area (Å²) in [5.41, 5.74) is 6.45. The van der Waals surface area contributed by atoms with Crippen molar-refractivity contribution in [2.45, 2.75) is 0 Å². The van der Waals surface area contributed by atoms with Crippen LogP contribution in [0.5, 0.6) is 11.6 Å². The van der Waals surface area contributed by atoms with E-state index in [9.17, 15) is 0 Å². The molecule has 108 valence electrons. The van der Waals surface area contributed by atoms with Crippen molar-refractivity contribution < 1.29 is 9.15 Å². The molecule has 0 unspecified atom stereocenters. The van der Waals surface area contributed by atoms with E-state index in [-0.39, 0.29) is 5.95 Å². The molecule has 0 aliphatic rings. The Bertz CT molecular complexity index is 916. The first kappa shape index (κ1) is 12.4. The topological polar surface area (TPSA) is 91.5 Å². The van der Waals surface area contributed by atoms with Gasteiger partial charge in [-0.25, -0.2) is 4.98 Å². The molecule has 7 heteroatoms. The highest BCUT2D eigenvalue weighted by atomic mass is 16.5. The molecule has 3 heterocycles. The summed E-state index contributed by atoms with van der Waals surface area (Å²) in [6, 6.07) is 14.5. The maximum Gasteiger partial charge on any atom is 0.226 e. The minimum atomic E-state index is 0.189. The molecule has 4 rings (SSSR count). The van der Waals surface area contributed by atoms with Crippen LogP contribution < -0.4 is 10.5 Å². The normalized spacial score (nSPS) is 10.9. The van der Waals surface area contributed by atoms with Crippen molar-refractivity contribution in [2.24, 2.45) is 0 Å². The van der Waals surface area contributed by atoms with E-state index >= 15 is 0 Å². The van der Waals surface area contributed by atoms with Gasteiger partial charge < -0.3 is 14.9 Å². The van der Waals surface area contributed by atoms with Crippen molar-refractivity contribution in [1.29, 1.82) is 0 Å². The summed E-state index contributed by atoms with van der Waals surface area (Å²) in [5, 5.41) is 4.27. The van der Waals surface area contributed by atoms with E-state index in [1.54, 1.807) is 24.5 Å². The number of ether oxygens (including phenoxy) is 1. The van der Waals surface area contributed by atoms with Gasteiger partial charge in [-0.3, -0.25) is 0 Å². The standard InChI is InChI=1S/C15H11N5O2/c16-15-18-13(22-10-5-2-1-3-6-10)9-12-17-14(19-20(12)15)11-7-4-8-21-11/h1-9H,(H2,16,18). The number of hydrogen-bond acceptors (Lipinski definition) is 6. The van der Waals surface area contributed by atoms with Crippen LogP contribution in [0.15, 0.2) is 59.2 Å². The summed E-state index contributed by atoms with van der Waals surface area (Å²) in [6.45, 7) is 0. The minimum absolute atomic E-state index is 0.189. The van der Waals surface area contributed by atoms with Crippen LogP contribution in [0.2, 0.25) is 0 Å². The van der Waals surface area contributed by atoms with Crippen molar-refractivity contribution in [1.82, 2.24) is 19.6 Å². The predicted octanol–water partition coefficient (Wildman–Crippen LogP) is 2.76. The average Bonchev–Trinajstić information content (AvgIpc) is 3.17. The lowest BCUT2D eigenvalue weighted by molar-refractivity contribution is 0.462. The number of benzene rings is 1. The smallest absolute Gasteiger partial charge is 0.226 e. The van der Waals surface area contributed by atoms with Crippen LogP contribution in [-0.4, -0.2) is 19.6 Å². The first-order chi connectivity index (χ1) is 10.8. The molecule has 0 aliphatic carbocycles. The fourth-order valence-electron chi connectivity index (χ4n) is 2.06. The Labute approximate surface area is 125 Å². The van der Waals surface area contributed by atoms with Crippen LogP contribution in [-0.2, 0) is 0 Å². The fraction of sp³-hybridized carbons (Fsp3) is 0. The number of furan rings is 1. The third-order valence-corrected chi connectivity index (χ3v) is 3.03. The van der Waals surface area contributed by atoms with Gasteiger partial charge >= 0.3 is 0 Å². The third kappa shape index (κ3) is 2.14. The highest BCUT2D eigenvalue weighted by Crippen LogP contribution is 2.23. The maximum atomic E-state index is 5.92. The van der Waals surface area contributed by atoms with Gasteiger partial charge in [-0.05, 0) is 24.3 Å². The number of para-hydroxylation sites is 1. The van der Waals surface area contributed by atoms with E-state index in [1.165, 1.54) is 4.52 Å².